The lowest BCUT2D eigenvalue weighted by atomic mass is 10.1. The molecule has 2 rings (SSSR count). The Labute approximate surface area is 150 Å². The average molecular weight is 401 g/mol. The van der Waals surface area contributed by atoms with Crippen molar-refractivity contribution in [1.29, 1.82) is 0 Å². The number of halogens is 4. The van der Waals surface area contributed by atoms with Gasteiger partial charge in [0.15, 0.2) is 0 Å². The summed E-state index contributed by atoms with van der Waals surface area (Å²) in [6.45, 7) is 2.99. The van der Waals surface area contributed by atoms with Crippen molar-refractivity contribution in [3.05, 3.63) is 34.9 Å². The minimum Gasteiger partial charge on any atom is -0.378 e. The Kier molecular flexibility index (Phi) is 6.37. The number of alkyl halides is 3. The van der Waals surface area contributed by atoms with Crippen molar-refractivity contribution in [3.8, 4) is 0 Å². The van der Waals surface area contributed by atoms with Crippen LogP contribution in [0.4, 0.5) is 13.2 Å². The van der Waals surface area contributed by atoms with Gasteiger partial charge in [-0.05, 0) is 24.6 Å². The molecule has 1 aliphatic rings. The molecular formula is C15H20ClF3N2O3S. The van der Waals surface area contributed by atoms with Crippen LogP contribution in [0, 0.1) is 0 Å². The Bertz CT molecular complexity index is 682. The highest BCUT2D eigenvalue weighted by molar-refractivity contribution is 7.86. The summed E-state index contributed by atoms with van der Waals surface area (Å²) in [6, 6.07) is 2.20. The molecule has 1 aliphatic heterocycles. The zero-order valence-corrected chi connectivity index (χ0v) is 15.4. The van der Waals surface area contributed by atoms with Crippen molar-refractivity contribution in [2.45, 2.75) is 32.1 Å². The maximum atomic E-state index is 13.8. The fourth-order valence-corrected chi connectivity index (χ4v) is 4.88. The number of hydrogen-bond donors (Lipinski definition) is 0. The molecule has 142 valence electrons. The second kappa shape index (κ2) is 7.79. The number of hydrogen-bond acceptors (Lipinski definition) is 3. The van der Waals surface area contributed by atoms with E-state index in [1.807, 2.05) is 0 Å². The van der Waals surface area contributed by atoms with Crippen LogP contribution < -0.4 is 0 Å². The first-order valence-corrected chi connectivity index (χ1v) is 9.55. The van der Waals surface area contributed by atoms with E-state index in [-0.39, 0.29) is 36.9 Å². The van der Waals surface area contributed by atoms with Gasteiger partial charge in [0, 0.05) is 24.2 Å². The molecule has 25 heavy (non-hydrogen) atoms. The number of ether oxygens (including phenoxy) is 1. The predicted molar refractivity (Wildman–Crippen MR) is 88.5 cm³/mol. The van der Waals surface area contributed by atoms with Crippen LogP contribution in [0.2, 0.25) is 5.02 Å². The number of nitrogens with zero attached hydrogens (tertiary/aromatic N) is 2. The number of morpholine rings is 1. The fraction of sp³-hybridized carbons (Fsp3) is 0.600. The normalized spacial score (nSPS) is 21.5. The molecule has 0 bridgehead atoms. The highest BCUT2D eigenvalue weighted by Gasteiger charge is 2.50. The van der Waals surface area contributed by atoms with Gasteiger partial charge in [0.1, 0.15) is 6.04 Å². The van der Waals surface area contributed by atoms with Crippen molar-refractivity contribution in [1.82, 2.24) is 8.61 Å². The molecule has 0 amide bonds. The standard InChI is InChI=1S/C15H20ClF3N2O3S/c1-3-20(25(22,23)21-8-9-24-10-11(21)2)14(15(17,18)19)12-4-6-13(16)7-5-12/h4-7,11,14H,3,8-10H2,1-2H3/t11-,14-/m1/s1. The van der Waals surface area contributed by atoms with E-state index < -0.39 is 28.5 Å². The van der Waals surface area contributed by atoms with Crippen LogP contribution in [0.15, 0.2) is 24.3 Å². The summed E-state index contributed by atoms with van der Waals surface area (Å²) in [5, 5.41) is 0.275. The van der Waals surface area contributed by atoms with Crippen molar-refractivity contribution in [2.24, 2.45) is 0 Å². The Morgan fingerprint density at radius 3 is 2.44 bits per heavy atom. The van der Waals surface area contributed by atoms with Gasteiger partial charge in [0.25, 0.3) is 10.2 Å². The van der Waals surface area contributed by atoms with Crippen LogP contribution in [-0.4, -0.2) is 55.5 Å². The first-order chi connectivity index (χ1) is 11.6. The third-order valence-corrected chi connectivity index (χ3v) is 6.44. The van der Waals surface area contributed by atoms with Gasteiger partial charge in [0.05, 0.1) is 13.2 Å². The van der Waals surface area contributed by atoms with E-state index in [9.17, 15) is 21.6 Å². The first-order valence-electron chi connectivity index (χ1n) is 7.77. The monoisotopic (exact) mass is 400 g/mol. The van der Waals surface area contributed by atoms with E-state index in [1.165, 1.54) is 31.2 Å². The summed E-state index contributed by atoms with van der Waals surface area (Å²) in [4.78, 5) is 0. The topological polar surface area (TPSA) is 49.9 Å². The van der Waals surface area contributed by atoms with Crippen molar-refractivity contribution < 1.29 is 26.3 Å². The summed E-state index contributed by atoms with van der Waals surface area (Å²) >= 11 is 5.74. The molecule has 10 heteroatoms. The van der Waals surface area contributed by atoms with Gasteiger partial charge in [0.2, 0.25) is 0 Å². The second-order valence-electron chi connectivity index (χ2n) is 5.74. The van der Waals surface area contributed by atoms with E-state index in [4.69, 9.17) is 16.3 Å². The summed E-state index contributed by atoms with van der Waals surface area (Å²) < 4.78 is 73.9. The van der Waals surface area contributed by atoms with Gasteiger partial charge < -0.3 is 4.74 Å². The molecule has 1 aromatic rings. The van der Waals surface area contributed by atoms with Crippen molar-refractivity contribution in [2.75, 3.05) is 26.3 Å². The number of rotatable bonds is 5. The summed E-state index contributed by atoms with van der Waals surface area (Å²) in [5.41, 5.74) is -0.178. The Morgan fingerprint density at radius 2 is 1.96 bits per heavy atom. The molecule has 1 fully saturated rings. The Hall–Kier alpha value is -0.870. The molecule has 0 unspecified atom stereocenters. The van der Waals surface area contributed by atoms with Crippen LogP contribution in [0.3, 0.4) is 0 Å². The van der Waals surface area contributed by atoms with Crippen LogP contribution in [0.25, 0.3) is 0 Å². The molecule has 0 saturated carbocycles. The SMILES string of the molecule is CCN([C@H](c1ccc(Cl)cc1)C(F)(F)F)S(=O)(=O)N1CCOC[C@H]1C. The Balaban J connectivity index is 2.47. The average Bonchev–Trinajstić information content (AvgIpc) is 2.52. The third-order valence-electron chi connectivity index (χ3n) is 3.99. The van der Waals surface area contributed by atoms with Crippen LogP contribution in [-0.2, 0) is 14.9 Å². The number of benzene rings is 1. The van der Waals surface area contributed by atoms with Gasteiger partial charge in [-0.15, -0.1) is 0 Å². The summed E-state index contributed by atoms with van der Waals surface area (Å²) in [5.74, 6) is 0. The molecule has 0 N–H and O–H groups in total. The van der Waals surface area contributed by atoms with E-state index >= 15 is 0 Å². The maximum Gasteiger partial charge on any atom is 0.409 e. The molecule has 0 aromatic heterocycles. The lowest BCUT2D eigenvalue weighted by Gasteiger charge is -2.39. The maximum absolute atomic E-state index is 13.8. The fourth-order valence-electron chi connectivity index (χ4n) is 2.83. The van der Waals surface area contributed by atoms with E-state index in [0.29, 0.717) is 4.31 Å². The largest absolute Gasteiger partial charge is 0.409 e. The minimum absolute atomic E-state index is 0.0190. The van der Waals surface area contributed by atoms with E-state index in [2.05, 4.69) is 0 Å². The predicted octanol–water partition coefficient (Wildman–Crippen LogP) is 3.23. The molecule has 5 nitrogen and oxygen atoms in total. The van der Waals surface area contributed by atoms with Crippen LogP contribution >= 0.6 is 11.6 Å². The molecule has 2 atom stereocenters. The molecular weight excluding hydrogens is 381 g/mol. The Morgan fingerprint density at radius 1 is 1.36 bits per heavy atom. The van der Waals surface area contributed by atoms with E-state index in [1.54, 1.807) is 6.92 Å². The van der Waals surface area contributed by atoms with Crippen molar-refractivity contribution >= 4 is 21.8 Å². The second-order valence-corrected chi connectivity index (χ2v) is 8.01. The molecule has 1 aromatic carbocycles. The van der Waals surface area contributed by atoms with Crippen LogP contribution in [0.5, 0.6) is 0 Å². The minimum atomic E-state index is -4.77. The summed E-state index contributed by atoms with van der Waals surface area (Å²) in [7, 11) is -4.33. The smallest absolute Gasteiger partial charge is 0.378 e. The molecule has 1 heterocycles. The quantitative estimate of drug-likeness (QED) is 0.762. The van der Waals surface area contributed by atoms with E-state index in [0.717, 1.165) is 4.31 Å². The highest BCUT2D eigenvalue weighted by atomic mass is 35.5. The molecule has 1 saturated heterocycles. The van der Waals surface area contributed by atoms with Gasteiger partial charge in [-0.25, -0.2) is 0 Å². The summed E-state index contributed by atoms with van der Waals surface area (Å²) in [6.07, 6.45) is -4.77. The third kappa shape index (κ3) is 4.46. The van der Waals surface area contributed by atoms with Gasteiger partial charge >= 0.3 is 6.18 Å². The molecule has 0 spiro atoms. The molecule has 0 radical (unpaired) electrons. The van der Waals surface area contributed by atoms with Crippen molar-refractivity contribution in [3.63, 3.8) is 0 Å². The van der Waals surface area contributed by atoms with Gasteiger partial charge in [-0.1, -0.05) is 30.7 Å². The first kappa shape index (κ1) is 20.4. The lowest BCUT2D eigenvalue weighted by molar-refractivity contribution is -0.174. The highest BCUT2D eigenvalue weighted by Crippen LogP contribution is 2.40. The molecule has 0 aliphatic carbocycles. The zero-order valence-electron chi connectivity index (χ0n) is 13.8. The zero-order chi connectivity index (χ0) is 18.8. The van der Waals surface area contributed by atoms with Gasteiger partial charge in [-0.3, -0.25) is 0 Å². The lowest BCUT2D eigenvalue weighted by Crippen LogP contribution is -2.55. The van der Waals surface area contributed by atoms with Crippen LogP contribution in [0.1, 0.15) is 25.5 Å². The van der Waals surface area contributed by atoms with Gasteiger partial charge in [-0.2, -0.15) is 30.2 Å².